The highest BCUT2D eigenvalue weighted by Gasteiger charge is 2.12. The average Bonchev–Trinajstić information content (AvgIpc) is 2.76. The van der Waals surface area contributed by atoms with Gasteiger partial charge in [-0.1, -0.05) is 12.1 Å². The van der Waals surface area contributed by atoms with Crippen LogP contribution >= 0.6 is 0 Å². The molecule has 4 nitrogen and oxygen atoms in total. The molecule has 0 unspecified atom stereocenters. The van der Waals surface area contributed by atoms with Gasteiger partial charge in [-0.05, 0) is 44.9 Å². The second kappa shape index (κ2) is 5.21. The van der Waals surface area contributed by atoms with Crippen LogP contribution in [0.25, 0.3) is 11.4 Å². The fourth-order valence-electron chi connectivity index (χ4n) is 1.99. The standard InChI is InChI=1S/C14H20N4/c1-5-15-14-17-16-13(18(14)6-2)12-8-7-10(3)11(4)9-12/h7-9H,5-6H2,1-4H3,(H,15,17). The van der Waals surface area contributed by atoms with E-state index >= 15 is 0 Å². The van der Waals surface area contributed by atoms with Gasteiger partial charge in [-0.15, -0.1) is 10.2 Å². The largest absolute Gasteiger partial charge is 0.355 e. The van der Waals surface area contributed by atoms with E-state index in [2.05, 4.69) is 66.0 Å². The molecule has 18 heavy (non-hydrogen) atoms. The minimum Gasteiger partial charge on any atom is -0.355 e. The second-order valence-corrected chi connectivity index (χ2v) is 4.42. The van der Waals surface area contributed by atoms with Gasteiger partial charge < -0.3 is 5.32 Å². The zero-order chi connectivity index (χ0) is 13.1. The molecule has 0 radical (unpaired) electrons. The van der Waals surface area contributed by atoms with Crippen molar-refractivity contribution in [3.63, 3.8) is 0 Å². The van der Waals surface area contributed by atoms with Crippen LogP contribution in [0.5, 0.6) is 0 Å². The third kappa shape index (κ3) is 2.23. The molecule has 0 fully saturated rings. The number of anilines is 1. The zero-order valence-corrected chi connectivity index (χ0v) is 11.5. The SMILES string of the molecule is CCNc1nnc(-c2ccc(C)c(C)c2)n1CC. The molecule has 0 atom stereocenters. The summed E-state index contributed by atoms with van der Waals surface area (Å²) in [4.78, 5) is 0. The fourth-order valence-corrected chi connectivity index (χ4v) is 1.99. The van der Waals surface area contributed by atoms with Crippen LogP contribution in [0.1, 0.15) is 25.0 Å². The maximum Gasteiger partial charge on any atom is 0.224 e. The van der Waals surface area contributed by atoms with Gasteiger partial charge in [0.1, 0.15) is 0 Å². The van der Waals surface area contributed by atoms with Gasteiger partial charge in [0.15, 0.2) is 5.82 Å². The monoisotopic (exact) mass is 244 g/mol. The number of nitrogens with zero attached hydrogens (tertiary/aromatic N) is 3. The molecule has 2 rings (SSSR count). The fraction of sp³-hybridized carbons (Fsp3) is 0.429. The van der Waals surface area contributed by atoms with E-state index in [1.54, 1.807) is 0 Å². The lowest BCUT2D eigenvalue weighted by Crippen LogP contribution is -2.06. The van der Waals surface area contributed by atoms with E-state index in [4.69, 9.17) is 0 Å². The first-order chi connectivity index (χ1) is 8.67. The van der Waals surface area contributed by atoms with Gasteiger partial charge in [0.25, 0.3) is 0 Å². The molecule has 96 valence electrons. The van der Waals surface area contributed by atoms with Crippen LogP contribution in [-0.4, -0.2) is 21.3 Å². The maximum atomic E-state index is 4.30. The molecule has 0 saturated heterocycles. The molecule has 1 N–H and O–H groups in total. The van der Waals surface area contributed by atoms with Crippen LogP contribution in [0.15, 0.2) is 18.2 Å². The molecule has 1 heterocycles. The number of aryl methyl sites for hydroxylation is 2. The minimum absolute atomic E-state index is 0.841. The highest BCUT2D eigenvalue weighted by molar-refractivity contribution is 5.59. The second-order valence-electron chi connectivity index (χ2n) is 4.42. The molecule has 0 amide bonds. The summed E-state index contributed by atoms with van der Waals surface area (Å²) in [5.41, 5.74) is 3.70. The number of benzene rings is 1. The minimum atomic E-state index is 0.841. The Bertz CT molecular complexity index is 543. The van der Waals surface area contributed by atoms with E-state index in [1.807, 2.05) is 0 Å². The summed E-state index contributed by atoms with van der Waals surface area (Å²) in [6.45, 7) is 10.1. The van der Waals surface area contributed by atoms with Crippen molar-refractivity contribution in [2.24, 2.45) is 0 Å². The van der Waals surface area contributed by atoms with Gasteiger partial charge in [0, 0.05) is 18.7 Å². The van der Waals surface area contributed by atoms with Gasteiger partial charge in [0.2, 0.25) is 5.95 Å². The first-order valence-corrected chi connectivity index (χ1v) is 6.42. The van der Waals surface area contributed by atoms with Crippen molar-refractivity contribution in [1.29, 1.82) is 0 Å². The van der Waals surface area contributed by atoms with Crippen molar-refractivity contribution in [2.45, 2.75) is 34.2 Å². The van der Waals surface area contributed by atoms with E-state index in [0.717, 1.165) is 30.4 Å². The summed E-state index contributed by atoms with van der Waals surface area (Å²) in [7, 11) is 0. The third-order valence-corrected chi connectivity index (χ3v) is 3.17. The molecule has 1 aromatic heterocycles. The highest BCUT2D eigenvalue weighted by Crippen LogP contribution is 2.22. The summed E-state index contributed by atoms with van der Waals surface area (Å²) >= 11 is 0. The van der Waals surface area contributed by atoms with Gasteiger partial charge in [-0.25, -0.2) is 0 Å². The van der Waals surface area contributed by atoms with Crippen molar-refractivity contribution < 1.29 is 0 Å². The molecular weight excluding hydrogens is 224 g/mol. The van der Waals surface area contributed by atoms with Crippen LogP contribution in [0.3, 0.4) is 0 Å². The van der Waals surface area contributed by atoms with Crippen LogP contribution in [0.2, 0.25) is 0 Å². The number of hydrogen-bond acceptors (Lipinski definition) is 3. The predicted molar refractivity (Wildman–Crippen MR) is 74.8 cm³/mol. The summed E-state index contributed by atoms with van der Waals surface area (Å²) in [5.74, 6) is 1.77. The Morgan fingerprint density at radius 1 is 1.11 bits per heavy atom. The third-order valence-electron chi connectivity index (χ3n) is 3.17. The Balaban J connectivity index is 2.46. The van der Waals surface area contributed by atoms with Crippen molar-refractivity contribution in [1.82, 2.24) is 14.8 Å². The first kappa shape index (κ1) is 12.6. The van der Waals surface area contributed by atoms with Gasteiger partial charge >= 0.3 is 0 Å². The van der Waals surface area contributed by atoms with Crippen LogP contribution < -0.4 is 5.32 Å². The summed E-state index contributed by atoms with van der Waals surface area (Å²) in [6, 6.07) is 6.40. The molecule has 0 aliphatic rings. The topological polar surface area (TPSA) is 42.7 Å². The van der Waals surface area contributed by atoms with Crippen molar-refractivity contribution in [3.8, 4) is 11.4 Å². The Labute approximate surface area is 108 Å². The Kier molecular flexibility index (Phi) is 3.65. The lowest BCUT2D eigenvalue weighted by atomic mass is 10.1. The smallest absolute Gasteiger partial charge is 0.224 e. The normalized spacial score (nSPS) is 10.7. The molecule has 2 aromatic rings. The summed E-state index contributed by atoms with van der Waals surface area (Å²) in [5, 5.41) is 11.7. The lowest BCUT2D eigenvalue weighted by molar-refractivity contribution is 0.770. The summed E-state index contributed by atoms with van der Waals surface area (Å²) < 4.78 is 2.10. The Morgan fingerprint density at radius 3 is 2.50 bits per heavy atom. The highest BCUT2D eigenvalue weighted by atomic mass is 15.3. The molecule has 0 aliphatic heterocycles. The van der Waals surface area contributed by atoms with Gasteiger partial charge in [-0.2, -0.15) is 0 Å². The number of hydrogen-bond donors (Lipinski definition) is 1. The van der Waals surface area contributed by atoms with E-state index < -0.39 is 0 Å². The van der Waals surface area contributed by atoms with Gasteiger partial charge in [0.05, 0.1) is 0 Å². The quantitative estimate of drug-likeness (QED) is 0.899. The van der Waals surface area contributed by atoms with Crippen molar-refractivity contribution in [2.75, 3.05) is 11.9 Å². The molecular formula is C14H20N4. The van der Waals surface area contributed by atoms with Gasteiger partial charge in [-0.3, -0.25) is 4.57 Å². The van der Waals surface area contributed by atoms with Crippen LogP contribution in [0.4, 0.5) is 5.95 Å². The molecule has 0 aliphatic carbocycles. The predicted octanol–water partition coefficient (Wildman–Crippen LogP) is 3.01. The van der Waals surface area contributed by atoms with E-state index in [9.17, 15) is 0 Å². The van der Waals surface area contributed by atoms with E-state index in [0.29, 0.717) is 0 Å². The van der Waals surface area contributed by atoms with E-state index in [1.165, 1.54) is 11.1 Å². The Morgan fingerprint density at radius 2 is 1.89 bits per heavy atom. The van der Waals surface area contributed by atoms with Crippen LogP contribution in [-0.2, 0) is 6.54 Å². The maximum absolute atomic E-state index is 4.30. The number of aromatic nitrogens is 3. The summed E-state index contributed by atoms with van der Waals surface area (Å²) in [6.07, 6.45) is 0. The zero-order valence-electron chi connectivity index (χ0n) is 11.5. The molecule has 1 aromatic carbocycles. The molecule has 0 saturated carbocycles. The average molecular weight is 244 g/mol. The molecule has 0 spiro atoms. The van der Waals surface area contributed by atoms with Crippen molar-refractivity contribution in [3.05, 3.63) is 29.3 Å². The van der Waals surface area contributed by atoms with Crippen molar-refractivity contribution >= 4 is 5.95 Å². The number of rotatable bonds is 4. The van der Waals surface area contributed by atoms with E-state index in [-0.39, 0.29) is 0 Å². The molecule has 0 bridgehead atoms. The Hall–Kier alpha value is -1.84. The number of nitrogens with one attached hydrogen (secondary N) is 1. The first-order valence-electron chi connectivity index (χ1n) is 6.42. The molecule has 4 heteroatoms. The van der Waals surface area contributed by atoms with Crippen LogP contribution in [0, 0.1) is 13.8 Å². The lowest BCUT2D eigenvalue weighted by Gasteiger charge is -2.09.